The van der Waals surface area contributed by atoms with Crippen molar-refractivity contribution < 1.29 is 0 Å². The lowest BCUT2D eigenvalue weighted by Crippen LogP contribution is -2.18. The van der Waals surface area contributed by atoms with Crippen LogP contribution in [0.5, 0.6) is 0 Å². The number of aryl methyl sites for hydroxylation is 1. The Labute approximate surface area is 114 Å². The number of rotatable bonds is 6. The average Bonchev–Trinajstić information content (AvgIpc) is 2.88. The SMILES string of the molecule is CCc1ccccc1CNCc1ncnn1C(C)C. The van der Waals surface area contributed by atoms with Gasteiger partial charge in [0.2, 0.25) is 0 Å². The molecule has 4 nitrogen and oxygen atoms in total. The van der Waals surface area contributed by atoms with Crippen molar-refractivity contribution in [2.24, 2.45) is 0 Å². The van der Waals surface area contributed by atoms with Crippen LogP contribution in [0.3, 0.4) is 0 Å². The molecule has 1 aromatic heterocycles. The first kappa shape index (κ1) is 13.7. The highest BCUT2D eigenvalue weighted by Gasteiger charge is 2.07. The first-order chi connectivity index (χ1) is 9.22. The largest absolute Gasteiger partial charge is 0.306 e. The molecule has 0 radical (unpaired) electrons. The van der Waals surface area contributed by atoms with Crippen molar-refractivity contribution in [1.82, 2.24) is 20.1 Å². The quantitative estimate of drug-likeness (QED) is 0.866. The number of benzene rings is 1. The average molecular weight is 258 g/mol. The molecule has 0 aliphatic heterocycles. The lowest BCUT2D eigenvalue weighted by molar-refractivity contribution is 0.489. The molecule has 2 aromatic rings. The molecule has 0 aliphatic rings. The Hall–Kier alpha value is -1.68. The van der Waals surface area contributed by atoms with Crippen molar-refractivity contribution in [1.29, 1.82) is 0 Å². The molecule has 4 heteroatoms. The molecular formula is C15H22N4. The van der Waals surface area contributed by atoms with E-state index in [1.807, 2.05) is 4.68 Å². The molecular weight excluding hydrogens is 236 g/mol. The van der Waals surface area contributed by atoms with Crippen molar-refractivity contribution in [3.05, 3.63) is 47.5 Å². The van der Waals surface area contributed by atoms with Gasteiger partial charge in [0, 0.05) is 12.6 Å². The second-order valence-electron chi connectivity index (χ2n) is 4.94. The fourth-order valence-corrected chi connectivity index (χ4v) is 2.22. The summed E-state index contributed by atoms with van der Waals surface area (Å²) in [5.41, 5.74) is 2.76. The molecule has 0 amide bonds. The van der Waals surface area contributed by atoms with E-state index < -0.39 is 0 Å². The maximum Gasteiger partial charge on any atom is 0.141 e. The molecule has 102 valence electrons. The molecule has 0 saturated carbocycles. The fraction of sp³-hybridized carbons (Fsp3) is 0.467. The van der Waals surface area contributed by atoms with Gasteiger partial charge >= 0.3 is 0 Å². The summed E-state index contributed by atoms with van der Waals surface area (Å²) >= 11 is 0. The highest BCUT2D eigenvalue weighted by molar-refractivity contribution is 5.26. The molecule has 0 bridgehead atoms. The van der Waals surface area contributed by atoms with Crippen LogP contribution in [0.25, 0.3) is 0 Å². The van der Waals surface area contributed by atoms with E-state index in [0.717, 1.165) is 25.3 Å². The Kier molecular flexibility index (Phi) is 4.68. The van der Waals surface area contributed by atoms with Crippen LogP contribution in [-0.2, 0) is 19.5 Å². The third-order valence-electron chi connectivity index (χ3n) is 3.23. The number of nitrogens with zero attached hydrogens (tertiary/aromatic N) is 3. The summed E-state index contributed by atoms with van der Waals surface area (Å²) in [5, 5.41) is 7.69. The first-order valence-corrected chi connectivity index (χ1v) is 6.88. The molecule has 0 aliphatic carbocycles. The molecule has 2 rings (SSSR count). The van der Waals surface area contributed by atoms with E-state index in [-0.39, 0.29) is 0 Å². The minimum Gasteiger partial charge on any atom is -0.306 e. The maximum absolute atomic E-state index is 4.30. The zero-order chi connectivity index (χ0) is 13.7. The molecule has 1 heterocycles. The molecule has 0 unspecified atom stereocenters. The van der Waals surface area contributed by atoms with Crippen LogP contribution in [-0.4, -0.2) is 14.8 Å². The number of hydrogen-bond acceptors (Lipinski definition) is 3. The van der Waals surface area contributed by atoms with Crippen molar-refractivity contribution in [2.75, 3.05) is 0 Å². The first-order valence-electron chi connectivity index (χ1n) is 6.88. The topological polar surface area (TPSA) is 42.7 Å². The third kappa shape index (κ3) is 3.41. The Morgan fingerprint density at radius 1 is 1.16 bits per heavy atom. The summed E-state index contributed by atoms with van der Waals surface area (Å²) in [4.78, 5) is 4.30. The van der Waals surface area contributed by atoms with Gasteiger partial charge in [-0.05, 0) is 31.4 Å². The van der Waals surface area contributed by atoms with Crippen LogP contribution < -0.4 is 5.32 Å². The van der Waals surface area contributed by atoms with Crippen LogP contribution in [0, 0.1) is 0 Å². The van der Waals surface area contributed by atoms with Crippen LogP contribution >= 0.6 is 0 Å². The van der Waals surface area contributed by atoms with Gasteiger partial charge < -0.3 is 5.32 Å². The van der Waals surface area contributed by atoms with Crippen LogP contribution in [0.2, 0.25) is 0 Å². The maximum atomic E-state index is 4.30. The van der Waals surface area contributed by atoms with Gasteiger partial charge in [-0.2, -0.15) is 5.10 Å². The van der Waals surface area contributed by atoms with Gasteiger partial charge in [-0.3, -0.25) is 0 Å². The van der Waals surface area contributed by atoms with Crippen LogP contribution in [0.1, 0.15) is 43.8 Å². The van der Waals surface area contributed by atoms with Crippen molar-refractivity contribution in [2.45, 2.75) is 46.3 Å². The second-order valence-corrected chi connectivity index (χ2v) is 4.94. The predicted molar refractivity (Wildman–Crippen MR) is 76.8 cm³/mol. The van der Waals surface area contributed by atoms with Gasteiger partial charge in [0.15, 0.2) is 0 Å². The Morgan fingerprint density at radius 2 is 1.89 bits per heavy atom. The Morgan fingerprint density at radius 3 is 2.58 bits per heavy atom. The lowest BCUT2D eigenvalue weighted by atomic mass is 10.1. The van der Waals surface area contributed by atoms with Crippen molar-refractivity contribution in [3.63, 3.8) is 0 Å². The van der Waals surface area contributed by atoms with Crippen molar-refractivity contribution in [3.8, 4) is 0 Å². The number of hydrogen-bond donors (Lipinski definition) is 1. The van der Waals surface area contributed by atoms with E-state index in [2.05, 4.69) is 60.4 Å². The van der Waals surface area contributed by atoms with Crippen molar-refractivity contribution >= 4 is 0 Å². The summed E-state index contributed by atoms with van der Waals surface area (Å²) < 4.78 is 1.96. The van der Waals surface area contributed by atoms with Gasteiger partial charge in [-0.15, -0.1) is 0 Å². The smallest absolute Gasteiger partial charge is 0.141 e. The standard InChI is InChI=1S/C15H22N4/c1-4-13-7-5-6-8-14(13)9-16-10-15-17-11-18-19(15)12(2)3/h5-8,11-12,16H,4,9-10H2,1-3H3. The minimum absolute atomic E-state index is 0.349. The van der Waals surface area contributed by atoms with Gasteiger partial charge in [-0.1, -0.05) is 31.2 Å². The van der Waals surface area contributed by atoms with Gasteiger partial charge in [0.1, 0.15) is 12.2 Å². The van der Waals surface area contributed by atoms with E-state index >= 15 is 0 Å². The molecule has 0 saturated heterocycles. The summed E-state index contributed by atoms with van der Waals surface area (Å²) in [7, 11) is 0. The highest BCUT2D eigenvalue weighted by Crippen LogP contribution is 2.10. The predicted octanol–water partition coefficient (Wildman–Crippen LogP) is 2.71. The van der Waals surface area contributed by atoms with E-state index in [1.54, 1.807) is 6.33 Å². The monoisotopic (exact) mass is 258 g/mol. The molecule has 0 atom stereocenters. The fourth-order valence-electron chi connectivity index (χ4n) is 2.22. The lowest BCUT2D eigenvalue weighted by Gasteiger charge is -2.11. The summed E-state index contributed by atoms with van der Waals surface area (Å²) in [6.07, 6.45) is 2.69. The van der Waals surface area contributed by atoms with E-state index in [4.69, 9.17) is 0 Å². The van der Waals surface area contributed by atoms with Gasteiger partial charge in [0.25, 0.3) is 0 Å². The normalized spacial score (nSPS) is 11.2. The summed E-state index contributed by atoms with van der Waals surface area (Å²) in [6, 6.07) is 8.90. The second kappa shape index (κ2) is 6.48. The van der Waals surface area contributed by atoms with Gasteiger partial charge in [-0.25, -0.2) is 9.67 Å². The minimum atomic E-state index is 0.349. The number of nitrogens with one attached hydrogen (secondary N) is 1. The molecule has 19 heavy (non-hydrogen) atoms. The van der Waals surface area contributed by atoms with Gasteiger partial charge in [0.05, 0.1) is 6.54 Å². The Bertz CT molecular complexity index is 516. The zero-order valence-corrected chi connectivity index (χ0v) is 11.9. The summed E-state index contributed by atoms with van der Waals surface area (Å²) in [6.45, 7) is 8.04. The molecule has 1 aromatic carbocycles. The third-order valence-corrected chi connectivity index (χ3v) is 3.23. The van der Waals surface area contributed by atoms with E-state index in [9.17, 15) is 0 Å². The summed E-state index contributed by atoms with van der Waals surface area (Å²) in [5.74, 6) is 0.990. The zero-order valence-electron chi connectivity index (χ0n) is 11.9. The Balaban J connectivity index is 1.95. The van der Waals surface area contributed by atoms with Crippen LogP contribution in [0.15, 0.2) is 30.6 Å². The molecule has 0 spiro atoms. The van der Waals surface area contributed by atoms with E-state index in [0.29, 0.717) is 6.04 Å². The molecule has 0 fully saturated rings. The van der Waals surface area contributed by atoms with Crippen LogP contribution in [0.4, 0.5) is 0 Å². The highest BCUT2D eigenvalue weighted by atomic mass is 15.3. The number of aromatic nitrogens is 3. The molecule has 1 N–H and O–H groups in total. The van der Waals surface area contributed by atoms with E-state index in [1.165, 1.54) is 11.1 Å².